The van der Waals surface area contributed by atoms with E-state index in [1.165, 1.54) is 0 Å². The summed E-state index contributed by atoms with van der Waals surface area (Å²) in [6, 6.07) is 11.3. The normalized spacial score (nSPS) is 11.0. The van der Waals surface area contributed by atoms with Crippen LogP contribution in [0.4, 0.5) is 0 Å². The summed E-state index contributed by atoms with van der Waals surface area (Å²) in [5.41, 5.74) is 2.52. The van der Waals surface area contributed by atoms with Gasteiger partial charge in [0.1, 0.15) is 6.61 Å². The first-order valence-corrected chi connectivity index (χ1v) is 9.65. The molecule has 0 radical (unpaired) electrons. The highest BCUT2D eigenvalue weighted by molar-refractivity contribution is 5.78. The molecule has 0 spiro atoms. The molecule has 8 nitrogen and oxygen atoms in total. The zero-order chi connectivity index (χ0) is 20.6. The smallest absolute Gasteiger partial charge is 0.329 e. The minimum absolute atomic E-state index is 0.0882. The van der Waals surface area contributed by atoms with E-state index in [0.717, 1.165) is 16.6 Å². The maximum absolute atomic E-state index is 12.6. The Morgan fingerprint density at radius 3 is 2.52 bits per heavy atom. The summed E-state index contributed by atoms with van der Waals surface area (Å²) in [7, 11) is 1.61. The van der Waals surface area contributed by atoms with Gasteiger partial charge < -0.3 is 14.8 Å². The van der Waals surface area contributed by atoms with Crippen molar-refractivity contribution in [2.45, 2.75) is 33.0 Å². The number of pyridine rings is 1. The van der Waals surface area contributed by atoms with Crippen molar-refractivity contribution in [1.82, 2.24) is 19.4 Å². The number of para-hydroxylation sites is 2. The van der Waals surface area contributed by atoms with Crippen molar-refractivity contribution in [2.24, 2.45) is 0 Å². The van der Waals surface area contributed by atoms with Crippen LogP contribution in [0.25, 0.3) is 11.0 Å². The number of carbonyl (C=O) groups excluding carboxylic acids is 1. The highest BCUT2D eigenvalue weighted by Gasteiger charge is 2.12. The average Bonchev–Trinajstić information content (AvgIpc) is 3.02. The lowest BCUT2D eigenvalue weighted by atomic mass is 10.2. The molecule has 1 aromatic carbocycles. The molecule has 0 atom stereocenters. The van der Waals surface area contributed by atoms with Gasteiger partial charge in [-0.3, -0.25) is 13.9 Å². The number of rotatable bonds is 10. The highest BCUT2D eigenvalue weighted by atomic mass is 16.5. The van der Waals surface area contributed by atoms with E-state index >= 15 is 0 Å². The topological polar surface area (TPSA) is 87.4 Å². The number of nitrogens with one attached hydrogen (secondary N) is 1. The van der Waals surface area contributed by atoms with Gasteiger partial charge in [-0.25, -0.2) is 9.78 Å². The van der Waals surface area contributed by atoms with Gasteiger partial charge in [-0.05, 0) is 24.6 Å². The molecular weight excluding hydrogens is 372 g/mol. The number of nitrogens with zero attached hydrogens (tertiary/aromatic N) is 3. The van der Waals surface area contributed by atoms with Gasteiger partial charge in [0.15, 0.2) is 0 Å². The van der Waals surface area contributed by atoms with Crippen molar-refractivity contribution in [3.8, 4) is 5.88 Å². The molecule has 0 aliphatic heterocycles. The van der Waals surface area contributed by atoms with E-state index in [-0.39, 0.29) is 18.0 Å². The van der Waals surface area contributed by atoms with E-state index in [9.17, 15) is 9.59 Å². The zero-order valence-electron chi connectivity index (χ0n) is 16.8. The van der Waals surface area contributed by atoms with E-state index in [1.807, 2.05) is 37.3 Å². The molecule has 0 saturated carbocycles. The Hall–Kier alpha value is -3.13. The summed E-state index contributed by atoms with van der Waals surface area (Å²) < 4.78 is 13.7. The average molecular weight is 398 g/mol. The molecule has 0 aliphatic carbocycles. The number of ether oxygens (including phenoxy) is 2. The van der Waals surface area contributed by atoms with Crippen molar-refractivity contribution < 1.29 is 14.3 Å². The predicted octanol–water partition coefficient (Wildman–Crippen LogP) is 1.95. The first-order chi connectivity index (χ1) is 14.1. The van der Waals surface area contributed by atoms with Crippen LogP contribution in [0.15, 0.2) is 47.4 Å². The van der Waals surface area contributed by atoms with E-state index in [4.69, 9.17) is 9.47 Å². The largest absolute Gasteiger partial charge is 0.475 e. The van der Waals surface area contributed by atoms with Crippen molar-refractivity contribution in [1.29, 1.82) is 0 Å². The molecule has 0 fully saturated rings. The number of imidazole rings is 1. The zero-order valence-corrected chi connectivity index (χ0v) is 16.8. The molecule has 2 aromatic heterocycles. The SMILES string of the molecule is CCn1c(=O)n(CCC(=O)NCc2ccc(OCCOC)nc2)c2ccccc21. The van der Waals surface area contributed by atoms with Crippen LogP contribution in [0.2, 0.25) is 0 Å². The highest BCUT2D eigenvalue weighted by Crippen LogP contribution is 2.13. The second-order valence-corrected chi connectivity index (χ2v) is 6.54. The number of aromatic nitrogens is 3. The molecule has 29 heavy (non-hydrogen) atoms. The lowest BCUT2D eigenvalue weighted by Crippen LogP contribution is -2.28. The first-order valence-electron chi connectivity index (χ1n) is 9.65. The Balaban J connectivity index is 1.54. The van der Waals surface area contributed by atoms with Crippen LogP contribution < -0.4 is 15.7 Å². The van der Waals surface area contributed by atoms with Gasteiger partial charge in [0.25, 0.3) is 0 Å². The molecule has 2 heterocycles. The molecule has 1 N–H and O–H groups in total. The fraction of sp³-hybridized carbons (Fsp3) is 0.381. The van der Waals surface area contributed by atoms with E-state index in [2.05, 4.69) is 10.3 Å². The summed E-state index contributed by atoms with van der Waals surface area (Å²) in [5, 5.41) is 2.87. The van der Waals surface area contributed by atoms with Crippen molar-refractivity contribution in [3.05, 3.63) is 58.6 Å². The summed E-state index contributed by atoms with van der Waals surface area (Å²) in [6.07, 6.45) is 1.89. The molecule has 8 heteroatoms. The lowest BCUT2D eigenvalue weighted by Gasteiger charge is -2.08. The summed E-state index contributed by atoms with van der Waals surface area (Å²) in [6.45, 7) is 4.18. The fourth-order valence-corrected chi connectivity index (χ4v) is 3.13. The second-order valence-electron chi connectivity index (χ2n) is 6.54. The summed E-state index contributed by atoms with van der Waals surface area (Å²) in [4.78, 5) is 29.1. The Morgan fingerprint density at radius 2 is 1.86 bits per heavy atom. The molecule has 0 unspecified atom stereocenters. The third-order valence-electron chi connectivity index (χ3n) is 4.63. The Morgan fingerprint density at radius 1 is 1.10 bits per heavy atom. The van der Waals surface area contributed by atoms with Crippen molar-refractivity contribution >= 4 is 16.9 Å². The van der Waals surface area contributed by atoms with Crippen LogP contribution in [0.1, 0.15) is 18.9 Å². The number of hydrogen-bond donors (Lipinski definition) is 1. The quantitative estimate of drug-likeness (QED) is 0.528. The number of carbonyl (C=O) groups is 1. The molecule has 0 bridgehead atoms. The molecule has 1 amide bonds. The van der Waals surface area contributed by atoms with E-state index in [1.54, 1.807) is 28.5 Å². The van der Waals surface area contributed by atoms with Crippen LogP contribution in [0.5, 0.6) is 5.88 Å². The minimum atomic E-state index is -0.120. The molecule has 3 rings (SSSR count). The van der Waals surface area contributed by atoms with Crippen LogP contribution in [0.3, 0.4) is 0 Å². The van der Waals surface area contributed by atoms with Crippen molar-refractivity contribution in [3.63, 3.8) is 0 Å². The van der Waals surface area contributed by atoms with Gasteiger partial charge >= 0.3 is 5.69 Å². The third kappa shape index (κ3) is 5.03. The Kier molecular flexibility index (Phi) is 7.02. The van der Waals surface area contributed by atoms with Gasteiger partial charge in [0.2, 0.25) is 11.8 Å². The number of aryl methyl sites for hydroxylation is 2. The maximum atomic E-state index is 12.6. The second kappa shape index (κ2) is 9.88. The molecule has 154 valence electrons. The van der Waals surface area contributed by atoms with Crippen LogP contribution in [0, 0.1) is 0 Å². The standard InChI is InChI=1S/C21H26N4O4/c1-3-24-17-6-4-5-7-18(17)25(21(24)27)11-10-19(26)22-14-16-8-9-20(23-15-16)29-13-12-28-2/h4-9,15H,3,10-14H2,1-2H3,(H,22,26). The minimum Gasteiger partial charge on any atom is -0.475 e. The van der Waals surface area contributed by atoms with Crippen LogP contribution >= 0.6 is 0 Å². The number of fused-ring (bicyclic) bond motifs is 1. The molecule has 3 aromatic rings. The molecule has 0 saturated heterocycles. The Bertz CT molecular complexity index is 1010. The first kappa shape index (κ1) is 20.6. The van der Waals surface area contributed by atoms with E-state index in [0.29, 0.717) is 38.7 Å². The van der Waals surface area contributed by atoms with Crippen molar-refractivity contribution in [2.75, 3.05) is 20.3 Å². The predicted molar refractivity (Wildman–Crippen MR) is 110 cm³/mol. The lowest BCUT2D eigenvalue weighted by molar-refractivity contribution is -0.121. The maximum Gasteiger partial charge on any atom is 0.329 e. The van der Waals surface area contributed by atoms with Crippen LogP contribution in [-0.4, -0.2) is 40.3 Å². The van der Waals surface area contributed by atoms with Gasteiger partial charge in [-0.15, -0.1) is 0 Å². The van der Waals surface area contributed by atoms with Gasteiger partial charge in [-0.2, -0.15) is 0 Å². The van der Waals surface area contributed by atoms with Crippen LogP contribution in [-0.2, 0) is 29.2 Å². The van der Waals surface area contributed by atoms with Gasteiger partial charge in [0.05, 0.1) is 17.6 Å². The number of benzene rings is 1. The monoisotopic (exact) mass is 398 g/mol. The fourth-order valence-electron chi connectivity index (χ4n) is 3.13. The summed E-state index contributed by atoms with van der Waals surface area (Å²) >= 11 is 0. The summed E-state index contributed by atoms with van der Waals surface area (Å²) in [5.74, 6) is 0.398. The van der Waals surface area contributed by atoms with E-state index < -0.39 is 0 Å². The third-order valence-corrected chi connectivity index (χ3v) is 4.63. The Labute approximate surface area is 169 Å². The number of amides is 1. The van der Waals surface area contributed by atoms with Gasteiger partial charge in [-0.1, -0.05) is 18.2 Å². The van der Waals surface area contributed by atoms with Gasteiger partial charge in [0, 0.05) is 45.4 Å². The number of methoxy groups -OCH3 is 1. The molecule has 0 aliphatic rings. The number of hydrogen-bond acceptors (Lipinski definition) is 5. The molecular formula is C21H26N4O4.